The topological polar surface area (TPSA) is 49.2 Å². The molecule has 3 aromatic rings. The van der Waals surface area contributed by atoms with Gasteiger partial charge >= 0.3 is 0 Å². The number of rotatable bonds is 6. The number of hydrogen-bond donors (Lipinski definition) is 0. The van der Waals surface area contributed by atoms with Crippen LogP contribution in [-0.2, 0) is 0 Å². The maximum Gasteiger partial charge on any atom is 0.130 e. The first kappa shape index (κ1) is 14.4. The molecule has 0 unspecified atom stereocenters. The van der Waals surface area contributed by atoms with Crippen molar-refractivity contribution in [3.8, 4) is 5.75 Å². The molecule has 1 aromatic heterocycles. The highest BCUT2D eigenvalue weighted by Gasteiger charge is 2.03. The lowest BCUT2D eigenvalue weighted by Crippen LogP contribution is -2.16. The maximum atomic E-state index is 5.72. The van der Waals surface area contributed by atoms with Crippen molar-refractivity contribution < 1.29 is 9.57 Å². The highest BCUT2D eigenvalue weighted by Crippen LogP contribution is 2.16. The second-order valence-corrected chi connectivity index (χ2v) is 5.23. The molecule has 5 nitrogen and oxygen atoms in total. The number of para-hydroxylation sites is 1. The molecule has 0 aliphatic heterocycles. The van der Waals surface area contributed by atoms with Crippen molar-refractivity contribution in [3.05, 3.63) is 53.6 Å². The number of fused-ring (bicyclic) bond motifs is 1. The second-order valence-electron chi connectivity index (χ2n) is 5.23. The third kappa shape index (κ3) is 3.19. The van der Waals surface area contributed by atoms with Crippen molar-refractivity contribution in [2.24, 2.45) is 0 Å². The minimum atomic E-state index is 0.526. The van der Waals surface area contributed by atoms with Crippen LogP contribution < -0.4 is 9.57 Å². The Balaban J connectivity index is 1.46. The molecule has 114 valence electrons. The lowest BCUT2D eigenvalue weighted by Gasteiger charge is -2.09. The van der Waals surface area contributed by atoms with E-state index in [1.807, 2.05) is 30.3 Å². The molecule has 0 aliphatic carbocycles. The van der Waals surface area contributed by atoms with Gasteiger partial charge in [-0.25, -0.2) is 0 Å². The second kappa shape index (κ2) is 6.47. The van der Waals surface area contributed by atoms with Gasteiger partial charge in [-0.2, -0.15) is 0 Å². The fraction of sp³-hybridized carbons (Fsp3) is 0.294. The van der Waals surface area contributed by atoms with E-state index in [0.717, 1.165) is 23.2 Å². The summed E-state index contributed by atoms with van der Waals surface area (Å²) in [5.41, 5.74) is 4.21. The molecule has 1 heterocycles. The molecule has 0 bridgehead atoms. The van der Waals surface area contributed by atoms with Crippen molar-refractivity contribution in [1.29, 1.82) is 0 Å². The van der Waals surface area contributed by atoms with Crippen LogP contribution in [0.5, 0.6) is 5.75 Å². The van der Waals surface area contributed by atoms with Gasteiger partial charge in [0.1, 0.15) is 23.4 Å². The van der Waals surface area contributed by atoms with Gasteiger partial charge in [-0.1, -0.05) is 23.0 Å². The van der Waals surface area contributed by atoms with Crippen LogP contribution in [0.15, 0.2) is 42.5 Å². The molecule has 0 fully saturated rings. The van der Waals surface area contributed by atoms with Crippen LogP contribution in [0.2, 0.25) is 0 Å². The molecule has 5 heteroatoms. The van der Waals surface area contributed by atoms with Crippen LogP contribution >= 0.6 is 0 Å². The summed E-state index contributed by atoms with van der Waals surface area (Å²) in [6.07, 6.45) is 0.779. The fourth-order valence-electron chi connectivity index (χ4n) is 2.15. The van der Waals surface area contributed by atoms with Gasteiger partial charge in [0, 0.05) is 6.42 Å². The summed E-state index contributed by atoms with van der Waals surface area (Å²) in [6.45, 7) is 5.31. The van der Waals surface area contributed by atoms with E-state index in [4.69, 9.17) is 9.57 Å². The van der Waals surface area contributed by atoms with E-state index >= 15 is 0 Å². The Bertz CT molecular complexity index is 767. The Labute approximate surface area is 129 Å². The summed E-state index contributed by atoms with van der Waals surface area (Å²) in [7, 11) is 0. The lowest BCUT2D eigenvalue weighted by molar-refractivity contribution is 0.0779. The normalized spacial score (nSPS) is 10.8. The lowest BCUT2D eigenvalue weighted by atomic mass is 10.1. The highest BCUT2D eigenvalue weighted by molar-refractivity contribution is 5.73. The van der Waals surface area contributed by atoms with Crippen molar-refractivity contribution in [2.45, 2.75) is 20.3 Å². The van der Waals surface area contributed by atoms with Gasteiger partial charge in [0.05, 0.1) is 6.61 Å². The molecule has 22 heavy (non-hydrogen) atoms. The minimum absolute atomic E-state index is 0.526. The van der Waals surface area contributed by atoms with Gasteiger partial charge in [0.15, 0.2) is 0 Å². The largest absolute Gasteiger partial charge is 0.493 e. The summed E-state index contributed by atoms with van der Waals surface area (Å²) in [4.78, 5) is 7.07. The number of aromatic nitrogens is 3. The van der Waals surface area contributed by atoms with Crippen LogP contribution in [0.3, 0.4) is 0 Å². The van der Waals surface area contributed by atoms with E-state index in [1.54, 1.807) is 0 Å². The Kier molecular flexibility index (Phi) is 4.23. The molecular weight excluding hydrogens is 278 g/mol. The standard InChI is InChI=1S/C17H19N3O2/c1-13-8-9-15(12-14(13)2)21-10-5-11-22-20-17-7-4-3-6-16(17)18-19-20/h3-4,6-9,12H,5,10-11H2,1-2H3. The number of aryl methyl sites for hydroxylation is 2. The smallest absolute Gasteiger partial charge is 0.130 e. The maximum absolute atomic E-state index is 5.72. The molecule has 0 saturated carbocycles. The summed E-state index contributed by atoms with van der Waals surface area (Å²) >= 11 is 0. The quantitative estimate of drug-likeness (QED) is 0.656. The predicted molar refractivity (Wildman–Crippen MR) is 85.0 cm³/mol. The van der Waals surface area contributed by atoms with Crippen LogP contribution in [0.1, 0.15) is 17.5 Å². The zero-order valence-electron chi connectivity index (χ0n) is 12.8. The van der Waals surface area contributed by atoms with Gasteiger partial charge in [-0.05, 0) is 54.5 Å². The Morgan fingerprint density at radius 1 is 1.00 bits per heavy atom. The van der Waals surface area contributed by atoms with E-state index in [2.05, 4.69) is 36.3 Å². The van der Waals surface area contributed by atoms with Crippen LogP contribution in [0, 0.1) is 13.8 Å². The van der Waals surface area contributed by atoms with Gasteiger partial charge in [0.25, 0.3) is 0 Å². The molecule has 3 rings (SSSR count). The van der Waals surface area contributed by atoms with Crippen LogP contribution in [-0.4, -0.2) is 28.4 Å². The molecule has 0 saturated heterocycles. The Morgan fingerprint density at radius 3 is 2.73 bits per heavy atom. The van der Waals surface area contributed by atoms with E-state index in [9.17, 15) is 0 Å². The van der Waals surface area contributed by atoms with Crippen LogP contribution in [0.25, 0.3) is 11.0 Å². The summed E-state index contributed by atoms with van der Waals surface area (Å²) in [6, 6.07) is 13.8. The zero-order valence-corrected chi connectivity index (χ0v) is 12.8. The monoisotopic (exact) mass is 297 g/mol. The highest BCUT2D eigenvalue weighted by atomic mass is 16.7. The molecule has 0 amide bonds. The number of hydrogen-bond acceptors (Lipinski definition) is 4. The van der Waals surface area contributed by atoms with E-state index < -0.39 is 0 Å². The third-order valence-corrected chi connectivity index (χ3v) is 3.57. The average molecular weight is 297 g/mol. The number of ether oxygens (including phenoxy) is 1. The van der Waals surface area contributed by atoms with E-state index in [1.165, 1.54) is 16.0 Å². The molecule has 2 aromatic carbocycles. The van der Waals surface area contributed by atoms with Crippen molar-refractivity contribution in [3.63, 3.8) is 0 Å². The summed E-state index contributed by atoms with van der Waals surface area (Å²) in [5.74, 6) is 0.898. The van der Waals surface area contributed by atoms with Crippen molar-refractivity contribution in [2.75, 3.05) is 13.2 Å². The van der Waals surface area contributed by atoms with Crippen molar-refractivity contribution in [1.82, 2.24) is 15.2 Å². The molecule has 0 aliphatic rings. The predicted octanol–water partition coefficient (Wildman–Crippen LogP) is 2.95. The molecule has 0 atom stereocenters. The molecular formula is C17H19N3O2. The van der Waals surface area contributed by atoms with E-state index in [0.29, 0.717) is 13.2 Å². The molecule has 0 spiro atoms. The first-order valence-electron chi connectivity index (χ1n) is 7.38. The van der Waals surface area contributed by atoms with Crippen molar-refractivity contribution >= 4 is 11.0 Å². The van der Waals surface area contributed by atoms with Gasteiger partial charge < -0.3 is 9.57 Å². The molecule has 0 radical (unpaired) electrons. The molecule has 0 N–H and O–H groups in total. The fourth-order valence-corrected chi connectivity index (χ4v) is 2.15. The number of benzene rings is 2. The Hall–Kier alpha value is -2.56. The summed E-state index contributed by atoms with van der Waals surface area (Å²) in [5, 5.41) is 8.02. The zero-order chi connectivity index (χ0) is 15.4. The van der Waals surface area contributed by atoms with Gasteiger partial charge in [-0.15, -0.1) is 5.10 Å². The SMILES string of the molecule is Cc1ccc(OCCCOn2nnc3ccccc32)cc1C. The van der Waals surface area contributed by atoms with Gasteiger partial charge in [0.2, 0.25) is 0 Å². The average Bonchev–Trinajstić information content (AvgIpc) is 2.94. The summed E-state index contributed by atoms with van der Waals surface area (Å²) < 4.78 is 5.72. The first-order valence-corrected chi connectivity index (χ1v) is 7.38. The number of nitrogens with zero attached hydrogens (tertiary/aromatic N) is 3. The minimum Gasteiger partial charge on any atom is -0.493 e. The third-order valence-electron chi connectivity index (χ3n) is 3.57. The van der Waals surface area contributed by atoms with E-state index in [-0.39, 0.29) is 0 Å². The first-order chi connectivity index (χ1) is 10.7. The van der Waals surface area contributed by atoms with Gasteiger partial charge in [-0.3, -0.25) is 0 Å². The Morgan fingerprint density at radius 2 is 1.86 bits per heavy atom. The van der Waals surface area contributed by atoms with Crippen LogP contribution in [0.4, 0.5) is 0 Å².